The van der Waals surface area contributed by atoms with Gasteiger partial charge in [-0.05, 0) is 37.3 Å². The van der Waals surface area contributed by atoms with Crippen molar-refractivity contribution < 1.29 is 9.66 Å². The molecule has 1 fully saturated rings. The van der Waals surface area contributed by atoms with Crippen LogP contribution in [0.5, 0.6) is 0 Å². The Bertz CT molecular complexity index is 521. The zero-order valence-corrected chi connectivity index (χ0v) is 11.2. The quantitative estimate of drug-likeness (QED) is 0.447. The Balaban J connectivity index is 1.78. The first kappa shape index (κ1) is 14.3. The summed E-state index contributed by atoms with van der Waals surface area (Å²) in [7, 11) is 0. The standard InChI is InChI=1S/C14H17N3O3/c15-9-12-4-5-13(14(8-12)17(18)19)16-6-1-7-20-10-11-2-3-11/h4-5,8,11,16H,1-3,6-7,10H2. The SMILES string of the molecule is N#Cc1ccc(NCCCOCC2CC2)c([N+](=O)[O-])c1. The van der Waals surface area contributed by atoms with Gasteiger partial charge >= 0.3 is 0 Å². The molecule has 0 spiro atoms. The molecule has 0 amide bonds. The summed E-state index contributed by atoms with van der Waals surface area (Å²) in [6.45, 7) is 2.10. The van der Waals surface area contributed by atoms with Gasteiger partial charge in [0.15, 0.2) is 0 Å². The van der Waals surface area contributed by atoms with Crippen molar-refractivity contribution in [3.8, 4) is 6.07 Å². The molecule has 1 aromatic carbocycles. The minimum absolute atomic E-state index is 0.0667. The minimum atomic E-state index is -0.479. The number of ether oxygens (including phenoxy) is 1. The number of hydrogen-bond acceptors (Lipinski definition) is 5. The van der Waals surface area contributed by atoms with E-state index in [4.69, 9.17) is 10.00 Å². The lowest BCUT2D eigenvalue weighted by Gasteiger charge is -2.07. The van der Waals surface area contributed by atoms with E-state index in [2.05, 4.69) is 5.32 Å². The molecule has 0 saturated heterocycles. The maximum atomic E-state index is 10.9. The highest BCUT2D eigenvalue weighted by Gasteiger charge is 2.20. The number of nitro groups is 1. The number of rotatable bonds is 8. The molecule has 0 unspecified atom stereocenters. The van der Waals surface area contributed by atoms with E-state index in [-0.39, 0.29) is 11.3 Å². The zero-order chi connectivity index (χ0) is 14.4. The Morgan fingerprint density at radius 3 is 2.95 bits per heavy atom. The average Bonchev–Trinajstić information content (AvgIpc) is 3.26. The minimum Gasteiger partial charge on any atom is -0.381 e. The number of nitro benzene ring substituents is 1. The number of benzene rings is 1. The summed E-state index contributed by atoms with van der Waals surface area (Å²) in [5.74, 6) is 0.752. The second kappa shape index (κ2) is 6.87. The predicted molar refractivity (Wildman–Crippen MR) is 74.5 cm³/mol. The Hall–Kier alpha value is -2.13. The second-order valence-electron chi connectivity index (χ2n) is 4.90. The number of anilines is 1. The lowest BCUT2D eigenvalue weighted by Crippen LogP contribution is -2.08. The van der Waals surface area contributed by atoms with Gasteiger partial charge in [-0.15, -0.1) is 0 Å². The largest absolute Gasteiger partial charge is 0.381 e. The highest BCUT2D eigenvalue weighted by atomic mass is 16.6. The molecule has 0 atom stereocenters. The van der Waals surface area contributed by atoms with Crippen LogP contribution in [0.2, 0.25) is 0 Å². The predicted octanol–water partition coefficient (Wildman–Crippen LogP) is 2.70. The lowest BCUT2D eigenvalue weighted by atomic mass is 10.2. The van der Waals surface area contributed by atoms with Crippen molar-refractivity contribution >= 4 is 11.4 Å². The first-order valence-corrected chi connectivity index (χ1v) is 6.71. The fourth-order valence-corrected chi connectivity index (χ4v) is 1.83. The molecule has 0 aromatic heterocycles. The van der Waals surface area contributed by atoms with E-state index in [0.29, 0.717) is 18.8 Å². The molecule has 6 heteroatoms. The number of nitrogens with one attached hydrogen (secondary N) is 1. The van der Waals surface area contributed by atoms with E-state index in [1.54, 1.807) is 12.1 Å². The van der Waals surface area contributed by atoms with Crippen LogP contribution < -0.4 is 5.32 Å². The van der Waals surface area contributed by atoms with E-state index >= 15 is 0 Å². The first-order chi connectivity index (χ1) is 9.70. The molecule has 106 valence electrons. The lowest BCUT2D eigenvalue weighted by molar-refractivity contribution is -0.384. The monoisotopic (exact) mass is 275 g/mol. The van der Waals surface area contributed by atoms with Crippen molar-refractivity contribution in [1.82, 2.24) is 0 Å². The third-order valence-corrected chi connectivity index (χ3v) is 3.15. The van der Waals surface area contributed by atoms with Crippen LogP contribution in [0.25, 0.3) is 0 Å². The molecule has 1 saturated carbocycles. The van der Waals surface area contributed by atoms with Gasteiger partial charge in [0.25, 0.3) is 5.69 Å². The summed E-state index contributed by atoms with van der Waals surface area (Å²) < 4.78 is 5.49. The highest BCUT2D eigenvalue weighted by molar-refractivity contribution is 5.63. The van der Waals surface area contributed by atoms with E-state index in [1.807, 2.05) is 6.07 Å². The maximum absolute atomic E-state index is 10.9. The van der Waals surface area contributed by atoms with Gasteiger partial charge in [-0.3, -0.25) is 10.1 Å². The van der Waals surface area contributed by atoms with Crippen LogP contribution in [-0.2, 0) is 4.74 Å². The van der Waals surface area contributed by atoms with Crippen LogP contribution in [0.3, 0.4) is 0 Å². The molecule has 20 heavy (non-hydrogen) atoms. The summed E-state index contributed by atoms with van der Waals surface area (Å²) in [5.41, 5.74) is 0.661. The topological polar surface area (TPSA) is 88.2 Å². The van der Waals surface area contributed by atoms with Gasteiger partial charge in [-0.1, -0.05) is 0 Å². The summed E-state index contributed by atoms with van der Waals surface area (Å²) in [6.07, 6.45) is 3.34. The van der Waals surface area contributed by atoms with E-state index < -0.39 is 4.92 Å². The molecule has 0 aliphatic heterocycles. The average molecular weight is 275 g/mol. The van der Waals surface area contributed by atoms with Crippen LogP contribution >= 0.6 is 0 Å². The van der Waals surface area contributed by atoms with E-state index in [9.17, 15) is 10.1 Å². The Kier molecular flexibility index (Phi) is 4.91. The molecule has 2 rings (SSSR count). The smallest absolute Gasteiger partial charge is 0.293 e. The van der Waals surface area contributed by atoms with Gasteiger partial charge in [-0.25, -0.2) is 0 Å². The third-order valence-electron chi connectivity index (χ3n) is 3.15. The molecule has 0 heterocycles. The maximum Gasteiger partial charge on any atom is 0.293 e. The van der Waals surface area contributed by atoms with Crippen LogP contribution in [0.15, 0.2) is 18.2 Å². The van der Waals surface area contributed by atoms with Gasteiger partial charge in [0.2, 0.25) is 0 Å². The van der Waals surface area contributed by atoms with Gasteiger partial charge in [0, 0.05) is 25.8 Å². The normalized spacial score (nSPS) is 13.8. The number of nitriles is 1. The van der Waals surface area contributed by atoms with Gasteiger partial charge < -0.3 is 10.1 Å². The summed E-state index contributed by atoms with van der Waals surface area (Å²) in [6, 6.07) is 6.32. The van der Waals surface area contributed by atoms with Crippen molar-refractivity contribution in [2.24, 2.45) is 5.92 Å². The molecule has 1 aromatic rings. The molecule has 1 aliphatic rings. The van der Waals surface area contributed by atoms with Gasteiger partial charge in [-0.2, -0.15) is 5.26 Å². The van der Waals surface area contributed by atoms with E-state index in [0.717, 1.165) is 18.9 Å². The van der Waals surface area contributed by atoms with Gasteiger partial charge in [0.05, 0.1) is 16.6 Å². The fraction of sp³-hybridized carbons (Fsp3) is 0.500. The summed E-state index contributed by atoms with van der Waals surface area (Å²) >= 11 is 0. The van der Waals surface area contributed by atoms with Gasteiger partial charge in [0.1, 0.15) is 5.69 Å². The molecule has 0 bridgehead atoms. The number of hydrogen-bond donors (Lipinski definition) is 1. The van der Waals surface area contributed by atoms with Crippen molar-refractivity contribution in [2.75, 3.05) is 25.1 Å². The third kappa shape index (κ3) is 4.21. The number of nitrogens with zero attached hydrogens (tertiary/aromatic N) is 2. The van der Waals surface area contributed by atoms with Crippen molar-refractivity contribution in [2.45, 2.75) is 19.3 Å². The zero-order valence-electron chi connectivity index (χ0n) is 11.2. The van der Waals surface area contributed by atoms with Crippen LogP contribution in [0.4, 0.5) is 11.4 Å². The van der Waals surface area contributed by atoms with Crippen molar-refractivity contribution in [3.63, 3.8) is 0 Å². The molecule has 6 nitrogen and oxygen atoms in total. The molecule has 1 N–H and O–H groups in total. The second-order valence-corrected chi connectivity index (χ2v) is 4.90. The Morgan fingerprint density at radius 2 is 2.30 bits per heavy atom. The summed E-state index contributed by atoms with van der Waals surface area (Å²) in [4.78, 5) is 10.5. The first-order valence-electron chi connectivity index (χ1n) is 6.71. The Labute approximate surface area is 117 Å². The van der Waals surface area contributed by atoms with Crippen molar-refractivity contribution in [3.05, 3.63) is 33.9 Å². The van der Waals surface area contributed by atoms with Crippen LogP contribution in [0.1, 0.15) is 24.8 Å². The van der Waals surface area contributed by atoms with Crippen molar-refractivity contribution in [1.29, 1.82) is 5.26 Å². The van der Waals surface area contributed by atoms with Crippen LogP contribution in [0, 0.1) is 27.4 Å². The van der Waals surface area contributed by atoms with E-state index in [1.165, 1.54) is 18.9 Å². The van der Waals surface area contributed by atoms with Crippen LogP contribution in [-0.4, -0.2) is 24.7 Å². The molecule has 1 aliphatic carbocycles. The molecular formula is C14H17N3O3. The Morgan fingerprint density at radius 1 is 1.50 bits per heavy atom. The summed E-state index contributed by atoms with van der Waals surface area (Å²) in [5, 5.41) is 22.7. The highest BCUT2D eigenvalue weighted by Crippen LogP contribution is 2.28. The molecular weight excluding hydrogens is 258 g/mol. The fourth-order valence-electron chi connectivity index (χ4n) is 1.83. The molecule has 0 radical (unpaired) electrons.